The van der Waals surface area contributed by atoms with Crippen LogP contribution in [0.1, 0.15) is 29.5 Å². The molecule has 1 unspecified atom stereocenters. The summed E-state index contributed by atoms with van der Waals surface area (Å²) in [6, 6.07) is 1.06. The second-order valence-electron chi connectivity index (χ2n) is 5.22. The fourth-order valence-corrected chi connectivity index (χ4v) is 2.78. The Bertz CT molecular complexity index is 1360. The summed E-state index contributed by atoms with van der Waals surface area (Å²) in [5.41, 5.74) is -0.207. The summed E-state index contributed by atoms with van der Waals surface area (Å²) < 4.78 is 76.5. The Morgan fingerprint density at radius 3 is 2.32 bits per heavy atom. The number of nitrogens with zero attached hydrogens (tertiary/aromatic N) is 2. The highest BCUT2D eigenvalue weighted by atomic mass is 35.5. The molecule has 1 atom stereocenters. The monoisotopic (exact) mass is 353 g/mol. The quantitative estimate of drug-likeness (QED) is 0.450. The first-order chi connectivity index (χ1) is 16.1. The molecule has 0 saturated carbocycles. The third-order valence-corrected chi connectivity index (χ3v) is 4.03. The van der Waals surface area contributed by atoms with Gasteiger partial charge in [0.1, 0.15) is 0 Å². The lowest BCUT2D eigenvalue weighted by Crippen LogP contribution is -2.11. The van der Waals surface area contributed by atoms with E-state index in [2.05, 4.69) is 4.98 Å². The van der Waals surface area contributed by atoms with Crippen molar-refractivity contribution < 1.29 is 12.3 Å². The summed E-state index contributed by atoms with van der Waals surface area (Å²) >= 11 is 6.43. The van der Waals surface area contributed by atoms with Crippen molar-refractivity contribution in [1.82, 2.24) is 9.55 Å². The molecule has 3 aromatic carbocycles. The Morgan fingerprint density at radius 2 is 1.64 bits per heavy atom. The standard InChI is InChI=1S/C22H17ClN2/c23-21-9-5-4-8-20(21)22(25-15-14-24-16-25)19-12-10-18(11-13-19)17-6-2-1-3-7-17/h1-16,22H/i1D,2D,3D,6D,7D,10D,11D,12D,13D. The molecule has 0 aliphatic rings. The number of aromatic nitrogens is 2. The van der Waals surface area contributed by atoms with Gasteiger partial charge in [-0.05, 0) is 28.3 Å². The van der Waals surface area contributed by atoms with Gasteiger partial charge in [0.05, 0.1) is 24.7 Å². The number of hydrogen-bond donors (Lipinski definition) is 0. The van der Waals surface area contributed by atoms with Crippen molar-refractivity contribution in [2.75, 3.05) is 0 Å². The molecule has 0 radical (unpaired) electrons. The van der Waals surface area contributed by atoms with E-state index >= 15 is 0 Å². The van der Waals surface area contributed by atoms with E-state index in [1.54, 1.807) is 35.0 Å². The number of rotatable bonds is 4. The topological polar surface area (TPSA) is 17.8 Å². The smallest absolute Gasteiger partial charge is 0.0954 e. The van der Waals surface area contributed by atoms with Gasteiger partial charge in [-0.1, -0.05) is 84.2 Å². The maximum absolute atomic E-state index is 8.75. The molecule has 3 heteroatoms. The lowest BCUT2D eigenvalue weighted by Gasteiger charge is -2.21. The summed E-state index contributed by atoms with van der Waals surface area (Å²) in [4.78, 5) is 4.04. The van der Waals surface area contributed by atoms with E-state index in [0.29, 0.717) is 10.6 Å². The van der Waals surface area contributed by atoms with Crippen molar-refractivity contribution in [2.45, 2.75) is 6.04 Å². The first kappa shape index (κ1) is 8.50. The van der Waals surface area contributed by atoms with Crippen molar-refractivity contribution in [1.29, 1.82) is 0 Å². The van der Waals surface area contributed by atoms with Gasteiger partial charge in [0.2, 0.25) is 0 Å². The highest BCUT2D eigenvalue weighted by molar-refractivity contribution is 6.31. The van der Waals surface area contributed by atoms with Crippen LogP contribution in [0, 0.1) is 0 Å². The summed E-state index contributed by atoms with van der Waals surface area (Å²) in [7, 11) is 0. The first-order valence-electron chi connectivity index (χ1n) is 12.0. The Balaban J connectivity index is 2.08. The van der Waals surface area contributed by atoms with Gasteiger partial charge in [-0.15, -0.1) is 0 Å². The zero-order valence-electron chi connectivity index (χ0n) is 21.9. The SMILES string of the molecule is [2H]c1c([2H])c([2H])c(-c2c([2H])c([2H])c(C(c3ccccc3Cl)n3ccnc3)c([2H])c2[2H])c([2H])c1[2H]. The molecule has 25 heavy (non-hydrogen) atoms. The number of halogens is 1. The van der Waals surface area contributed by atoms with Crippen LogP contribution in [0.25, 0.3) is 11.1 Å². The molecular weight excluding hydrogens is 328 g/mol. The van der Waals surface area contributed by atoms with Gasteiger partial charge in [-0.3, -0.25) is 0 Å². The van der Waals surface area contributed by atoms with Crippen molar-refractivity contribution in [3.05, 3.63) is 114 Å². The average molecular weight is 354 g/mol. The predicted octanol–water partition coefficient (Wildman–Crippen LogP) is 5.84. The summed E-state index contributed by atoms with van der Waals surface area (Å²) in [6.07, 6.45) is 4.61. The largest absolute Gasteiger partial charge is 0.326 e. The van der Waals surface area contributed by atoms with E-state index in [1.807, 2.05) is 0 Å². The molecule has 4 rings (SSSR count). The molecule has 1 heterocycles. The van der Waals surface area contributed by atoms with Crippen LogP contribution >= 0.6 is 11.6 Å². The lowest BCUT2D eigenvalue weighted by molar-refractivity contribution is 0.677. The second-order valence-corrected chi connectivity index (χ2v) is 5.63. The average Bonchev–Trinajstić information content (AvgIpc) is 3.35. The zero-order valence-corrected chi connectivity index (χ0v) is 13.6. The van der Waals surface area contributed by atoms with Gasteiger partial charge in [-0.2, -0.15) is 0 Å². The van der Waals surface area contributed by atoms with Gasteiger partial charge in [0.15, 0.2) is 0 Å². The van der Waals surface area contributed by atoms with E-state index in [1.165, 1.54) is 12.5 Å². The van der Waals surface area contributed by atoms with Gasteiger partial charge in [-0.25, -0.2) is 4.98 Å². The van der Waals surface area contributed by atoms with E-state index in [4.69, 9.17) is 23.9 Å². The van der Waals surface area contributed by atoms with Crippen LogP contribution in [-0.4, -0.2) is 9.55 Å². The van der Waals surface area contributed by atoms with E-state index in [0.717, 1.165) is 0 Å². The highest BCUT2D eigenvalue weighted by Gasteiger charge is 2.18. The minimum absolute atomic E-state index is 0.0113. The zero-order chi connectivity index (χ0) is 24.9. The van der Waals surface area contributed by atoms with Crippen LogP contribution in [0.4, 0.5) is 0 Å². The third kappa shape index (κ3) is 3.21. The molecule has 0 fully saturated rings. The molecule has 2 nitrogen and oxygen atoms in total. The molecule has 1 aromatic heterocycles. The van der Waals surface area contributed by atoms with Crippen LogP contribution in [0.2, 0.25) is 5.02 Å². The fourth-order valence-electron chi connectivity index (χ4n) is 2.54. The second kappa shape index (κ2) is 6.96. The molecule has 4 aromatic rings. The van der Waals surface area contributed by atoms with E-state index < -0.39 is 60.4 Å². The maximum Gasteiger partial charge on any atom is 0.0954 e. The van der Waals surface area contributed by atoms with Crippen LogP contribution in [0.5, 0.6) is 0 Å². The van der Waals surface area contributed by atoms with Gasteiger partial charge < -0.3 is 4.57 Å². The Morgan fingerprint density at radius 1 is 0.920 bits per heavy atom. The molecule has 122 valence electrons. The Labute approximate surface area is 165 Å². The number of hydrogen-bond acceptors (Lipinski definition) is 1. The van der Waals surface area contributed by atoms with Crippen molar-refractivity contribution >= 4 is 11.6 Å². The summed E-state index contributed by atoms with van der Waals surface area (Å²) in [5.74, 6) is 0. The minimum Gasteiger partial charge on any atom is -0.326 e. The fraction of sp³-hybridized carbons (Fsp3) is 0.0455. The first-order valence-corrected chi connectivity index (χ1v) is 7.85. The minimum atomic E-state index is -0.849. The van der Waals surface area contributed by atoms with Crippen LogP contribution < -0.4 is 0 Å². The highest BCUT2D eigenvalue weighted by Crippen LogP contribution is 2.32. The van der Waals surface area contributed by atoms with E-state index in [-0.39, 0.29) is 16.7 Å². The lowest BCUT2D eigenvalue weighted by atomic mass is 9.96. The maximum atomic E-state index is 8.75. The summed E-state index contributed by atoms with van der Waals surface area (Å²) in [6.45, 7) is 0. The third-order valence-electron chi connectivity index (χ3n) is 3.69. The Hall–Kier alpha value is -2.84. The predicted molar refractivity (Wildman–Crippen MR) is 103 cm³/mol. The molecule has 0 aliphatic carbocycles. The number of benzene rings is 3. The molecule has 0 saturated heterocycles. The summed E-state index contributed by atoms with van der Waals surface area (Å²) in [5, 5.41) is 0.354. The van der Waals surface area contributed by atoms with Crippen molar-refractivity contribution in [3.63, 3.8) is 0 Å². The normalized spacial score (nSPS) is 17.1. The van der Waals surface area contributed by atoms with Crippen molar-refractivity contribution in [2.24, 2.45) is 0 Å². The van der Waals surface area contributed by atoms with Crippen molar-refractivity contribution in [3.8, 4) is 11.1 Å². The molecule has 0 amide bonds. The molecule has 0 N–H and O–H groups in total. The van der Waals surface area contributed by atoms with Crippen LogP contribution in [-0.2, 0) is 0 Å². The van der Waals surface area contributed by atoms with E-state index in [9.17, 15) is 0 Å². The van der Waals surface area contributed by atoms with Gasteiger partial charge >= 0.3 is 0 Å². The molecular formula is C22H17ClN2. The van der Waals surface area contributed by atoms with Gasteiger partial charge in [0.25, 0.3) is 0 Å². The van der Waals surface area contributed by atoms with Crippen LogP contribution in [0.3, 0.4) is 0 Å². The molecule has 0 spiro atoms. The molecule has 0 bridgehead atoms. The Kier molecular flexibility index (Phi) is 2.37. The van der Waals surface area contributed by atoms with Crippen LogP contribution in [0.15, 0.2) is 97.4 Å². The number of imidazole rings is 1. The van der Waals surface area contributed by atoms with Gasteiger partial charge in [0, 0.05) is 17.4 Å². The molecule has 0 aliphatic heterocycles.